The molecule has 0 aliphatic rings. The van der Waals surface area contributed by atoms with E-state index in [2.05, 4.69) is 0 Å². The van der Waals surface area contributed by atoms with Crippen LogP contribution in [0.2, 0.25) is 0 Å². The van der Waals surface area contributed by atoms with Crippen molar-refractivity contribution in [3.63, 3.8) is 0 Å². The standard InChI is InChI=1S/C6H8N2OS/c7-5-1-3-6(4-2-5)10(8)9/h1-4,8,10H,7H2. The summed E-state index contributed by atoms with van der Waals surface area (Å²) in [4.78, 5) is 0.518. The summed E-state index contributed by atoms with van der Waals surface area (Å²) in [6.07, 6.45) is 0. The van der Waals surface area contributed by atoms with Gasteiger partial charge < -0.3 is 5.73 Å². The minimum absolute atomic E-state index is 0.518. The van der Waals surface area contributed by atoms with Crippen molar-refractivity contribution in [3.05, 3.63) is 24.3 Å². The Bertz CT molecular complexity index is 281. The maximum absolute atomic E-state index is 10.5. The predicted molar refractivity (Wildman–Crippen MR) is 41.4 cm³/mol. The lowest BCUT2D eigenvalue weighted by molar-refractivity contribution is 0.687. The average molecular weight is 156 g/mol. The van der Waals surface area contributed by atoms with Crippen LogP contribution in [0.25, 0.3) is 0 Å². The number of nitrogens with one attached hydrogen (secondary N) is 1. The van der Waals surface area contributed by atoms with E-state index in [1.165, 1.54) is 0 Å². The minimum atomic E-state index is -1.96. The van der Waals surface area contributed by atoms with E-state index in [0.29, 0.717) is 10.6 Å². The fraction of sp³-hybridized carbons (Fsp3) is 0. The predicted octanol–water partition coefficient (Wildman–Crippen LogP) is 0.871. The molecule has 0 fully saturated rings. The van der Waals surface area contributed by atoms with E-state index in [1.807, 2.05) is 0 Å². The van der Waals surface area contributed by atoms with Gasteiger partial charge in [-0.2, -0.15) is 0 Å². The van der Waals surface area contributed by atoms with E-state index in [-0.39, 0.29) is 0 Å². The fourth-order valence-electron chi connectivity index (χ4n) is 0.610. The fourth-order valence-corrected chi connectivity index (χ4v) is 1.03. The van der Waals surface area contributed by atoms with Crippen molar-refractivity contribution in [1.82, 2.24) is 0 Å². The van der Waals surface area contributed by atoms with Crippen LogP contribution >= 0.6 is 0 Å². The van der Waals surface area contributed by atoms with E-state index in [0.717, 1.165) is 0 Å². The van der Waals surface area contributed by atoms with Crippen LogP contribution < -0.4 is 5.73 Å². The molecule has 10 heavy (non-hydrogen) atoms. The summed E-state index contributed by atoms with van der Waals surface area (Å²) in [6.45, 7) is 0. The molecule has 0 aliphatic heterocycles. The van der Waals surface area contributed by atoms with Gasteiger partial charge in [-0.15, -0.1) is 0 Å². The van der Waals surface area contributed by atoms with Gasteiger partial charge in [0.05, 0.1) is 10.6 Å². The molecule has 54 valence electrons. The van der Waals surface area contributed by atoms with Gasteiger partial charge >= 0.3 is 0 Å². The molecule has 0 radical (unpaired) electrons. The first-order chi connectivity index (χ1) is 4.70. The van der Waals surface area contributed by atoms with Crippen molar-refractivity contribution in [2.45, 2.75) is 4.90 Å². The maximum Gasteiger partial charge on any atom is 0.0616 e. The smallest absolute Gasteiger partial charge is 0.0616 e. The van der Waals surface area contributed by atoms with Crippen molar-refractivity contribution in [2.75, 3.05) is 5.73 Å². The van der Waals surface area contributed by atoms with Crippen LogP contribution in [0, 0.1) is 4.78 Å². The molecule has 3 N–H and O–H groups in total. The minimum Gasteiger partial charge on any atom is -0.399 e. The van der Waals surface area contributed by atoms with E-state index in [4.69, 9.17) is 10.5 Å². The third-order valence-corrected chi connectivity index (χ3v) is 1.89. The Morgan fingerprint density at radius 3 is 2.20 bits per heavy atom. The number of rotatable bonds is 1. The molecule has 1 aromatic rings. The molecule has 0 aliphatic carbocycles. The summed E-state index contributed by atoms with van der Waals surface area (Å²) < 4.78 is 17.4. The van der Waals surface area contributed by atoms with Gasteiger partial charge in [0.25, 0.3) is 0 Å². The average Bonchev–Trinajstić information content (AvgIpc) is 1.88. The van der Waals surface area contributed by atoms with Crippen LogP contribution in [0.15, 0.2) is 29.2 Å². The number of hydrogen-bond donors (Lipinski definition) is 3. The molecule has 0 saturated carbocycles. The van der Waals surface area contributed by atoms with Crippen LogP contribution in [0.5, 0.6) is 0 Å². The molecule has 0 saturated heterocycles. The van der Waals surface area contributed by atoms with Gasteiger partial charge in [-0.3, -0.25) is 4.78 Å². The summed E-state index contributed by atoms with van der Waals surface area (Å²) in [7, 11) is -1.96. The third-order valence-electron chi connectivity index (χ3n) is 1.13. The zero-order valence-corrected chi connectivity index (χ0v) is 6.14. The van der Waals surface area contributed by atoms with E-state index >= 15 is 0 Å². The molecular formula is C6H8N2OS. The quantitative estimate of drug-likeness (QED) is 0.417. The first-order valence-corrected chi connectivity index (χ1v) is 4.00. The number of benzene rings is 1. The number of hydrogen-bond acceptors (Lipinski definition) is 3. The zero-order valence-electron chi connectivity index (χ0n) is 5.24. The number of nitrogen functional groups attached to an aromatic ring is 1. The molecule has 1 atom stereocenters. The van der Waals surface area contributed by atoms with Gasteiger partial charge in [-0.05, 0) is 24.3 Å². The second kappa shape index (κ2) is 2.70. The molecule has 0 amide bonds. The lowest BCUT2D eigenvalue weighted by Crippen LogP contribution is -1.84. The molecule has 3 nitrogen and oxygen atoms in total. The SMILES string of the molecule is N=[SH](=O)c1ccc(N)cc1. The number of thiol groups is 1. The summed E-state index contributed by atoms with van der Waals surface area (Å²) in [5.41, 5.74) is 6.00. The molecule has 0 bridgehead atoms. The van der Waals surface area contributed by atoms with Crippen molar-refractivity contribution >= 4 is 16.3 Å². The lowest BCUT2D eigenvalue weighted by atomic mass is 10.3. The van der Waals surface area contributed by atoms with Crippen LogP contribution in [-0.2, 0) is 10.6 Å². The molecule has 1 rings (SSSR count). The Hall–Kier alpha value is -1.03. The molecular weight excluding hydrogens is 148 g/mol. The van der Waals surface area contributed by atoms with Crippen molar-refractivity contribution in [2.24, 2.45) is 0 Å². The van der Waals surface area contributed by atoms with E-state index in [9.17, 15) is 4.21 Å². The van der Waals surface area contributed by atoms with Crippen molar-refractivity contribution in [1.29, 1.82) is 4.78 Å². The largest absolute Gasteiger partial charge is 0.399 e. The van der Waals surface area contributed by atoms with Crippen molar-refractivity contribution < 1.29 is 4.21 Å². The van der Waals surface area contributed by atoms with Gasteiger partial charge in [-0.25, -0.2) is 4.21 Å². The molecule has 0 spiro atoms. The summed E-state index contributed by atoms with van der Waals surface area (Å²) >= 11 is 0. The third kappa shape index (κ3) is 1.48. The first kappa shape index (κ1) is 7.08. The highest BCUT2D eigenvalue weighted by Gasteiger charge is 1.88. The summed E-state index contributed by atoms with van der Waals surface area (Å²) in [5, 5.41) is 0. The number of nitrogens with two attached hydrogens (primary N) is 1. The highest BCUT2D eigenvalue weighted by Crippen LogP contribution is 2.05. The Balaban J connectivity index is 3.12. The highest BCUT2D eigenvalue weighted by molar-refractivity contribution is 7.73. The Labute approximate surface area is 60.9 Å². The molecule has 4 heteroatoms. The van der Waals surface area contributed by atoms with Crippen molar-refractivity contribution in [3.8, 4) is 0 Å². The molecule has 1 aromatic carbocycles. The topological polar surface area (TPSA) is 66.9 Å². The Kier molecular flexibility index (Phi) is 1.91. The Morgan fingerprint density at radius 1 is 1.30 bits per heavy atom. The molecule has 0 aromatic heterocycles. The Morgan fingerprint density at radius 2 is 1.80 bits per heavy atom. The van der Waals surface area contributed by atoms with Crippen LogP contribution in [-0.4, -0.2) is 4.21 Å². The maximum atomic E-state index is 10.5. The van der Waals surface area contributed by atoms with Gasteiger partial charge in [0.2, 0.25) is 0 Å². The van der Waals surface area contributed by atoms with E-state index in [1.54, 1.807) is 24.3 Å². The molecule has 1 unspecified atom stereocenters. The van der Waals surface area contributed by atoms with Gasteiger partial charge in [-0.1, -0.05) is 0 Å². The number of anilines is 1. The first-order valence-electron chi connectivity index (χ1n) is 2.74. The molecule has 0 heterocycles. The summed E-state index contributed by atoms with van der Waals surface area (Å²) in [5.74, 6) is 0. The van der Waals surface area contributed by atoms with Crippen LogP contribution in [0.4, 0.5) is 5.69 Å². The highest BCUT2D eigenvalue weighted by atomic mass is 32.2. The van der Waals surface area contributed by atoms with Crippen LogP contribution in [0.3, 0.4) is 0 Å². The zero-order chi connectivity index (χ0) is 7.56. The lowest BCUT2D eigenvalue weighted by Gasteiger charge is -1.91. The van der Waals surface area contributed by atoms with Gasteiger partial charge in [0.1, 0.15) is 0 Å². The van der Waals surface area contributed by atoms with Gasteiger partial charge in [0.15, 0.2) is 0 Å². The normalized spacial score (nSPS) is 12.8. The summed E-state index contributed by atoms with van der Waals surface area (Å²) in [6, 6.07) is 6.47. The van der Waals surface area contributed by atoms with Crippen LogP contribution in [0.1, 0.15) is 0 Å². The monoisotopic (exact) mass is 156 g/mol. The van der Waals surface area contributed by atoms with Gasteiger partial charge in [0, 0.05) is 10.6 Å². The second-order valence-electron chi connectivity index (χ2n) is 1.89. The second-order valence-corrected chi connectivity index (χ2v) is 2.99. The van der Waals surface area contributed by atoms with E-state index < -0.39 is 10.6 Å².